The van der Waals surface area contributed by atoms with Gasteiger partial charge in [0.15, 0.2) is 5.82 Å². The molecule has 1 aromatic heterocycles. The predicted molar refractivity (Wildman–Crippen MR) is 101 cm³/mol. The first kappa shape index (κ1) is 15.7. The third kappa shape index (κ3) is 3.23. The maximum absolute atomic E-state index is 12.3. The summed E-state index contributed by atoms with van der Waals surface area (Å²) >= 11 is 5.86. The smallest absolute Gasteiger partial charge is 0.307 e. The number of hydrazine groups is 1. The van der Waals surface area contributed by atoms with Crippen LogP contribution in [-0.4, -0.2) is 17.6 Å². The maximum atomic E-state index is 12.3. The fourth-order valence-electron chi connectivity index (χ4n) is 2.99. The summed E-state index contributed by atoms with van der Waals surface area (Å²) < 4.78 is 0. The van der Waals surface area contributed by atoms with Crippen LogP contribution in [0.5, 0.6) is 0 Å². The quantitative estimate of drug-likeness (QED) is 0.723. The van der Waals surface area contributed by atoms with E-state index < -0.39 is 0 Å². The fraction of sp³-hybridized carbons (Fsp3) is 0.158. The first-order valence-corrected chi connectivity index (χ1v) is 8.47. The van der Waals surface area contributed by atoms with E-state index in [4.69, 9.17) is 16.6 Å². The second kappa shape index (κ2) is 6.26. The van der Waals surface area contributed by atoms with Crippen molar-refractivity contribution in [2.24, 2.45) is 0 Å². The van der Waals surface area contributed by atoms with E-state index in [-0.39, 0.29) is 6.03 Å². The van der Waals surface area contributed by atoms with E-state index in [1.54, 1.807) is 29.3 Å². The summed E-state index contributed by atoms with van der Waals surface area (Å²) in [6.45, 7) is 2.75. The van der Waals surface area contributed by atoms with Crippen molar-refractivity contribution >= 4 is 40.0 Å². The normalized spacial score (nSPS) is 13.0. The molecule has 2 amide bonds. The Kier molecular flexibility index (Phi) is 3.93. The zero-order valence-electron chi connectivity index (χ0n) is 13.7. The summed E-state index contributed by atoms with van der Waals surface area (Å²) in [7, 11) is 0. The minimum atomic E-state index is -0.304. The molecule has 2 N–H and O–H groups in total. The molecule has 25 heavy (non-hydrogen) atoms. The summed E-state index contributed by atoms with van der Waals surface area (Å²) in [5, 5.41) is 6.34. The minimum Gasteiger partial charge on any atom is -0.307 e. The number of aryl methyl sites for hydroxylation is 1. The van der Waals surface area contributed by atoms with Crippen LogP contribution in [0.4, 0.5) is 16.3 Å². The van der Waals surface area contributed by atoms with Crippen LogP contribution in [0.1, 0.15) is 11.1 Å². The molecule has 126 valence electrons. The Bertz CT molecular complexity index is 956. The number of rotatable bonds is 2. The van der Waals surface area contributed by atoms with Gasteiger partial charge >= 0.3 is 6.03 Å². The molecule has 0 atom stereocenters. The van der Waals surface area contributed by atoms with Crippen molar-refractivity contribution in [2.45, 2.75) is 13.3 Å². The second-order valence-electron chi connectivity index (χ2n) is 6.14. The molecule has 0 radical (unpaired) electrons. The van der Waals surface area contributed by atoms with Crippen molar-refractivity contribution < 1.29 is 4.79 Å². The fourth-order valence-corrected chi connectivity index (χ4v) is 3.12. The van der Waals surface area contributed by atoms with Gasteiger partial charge in [0.1, 0.15) is 0 Å². The van der Waals surface area contributed by atoms with E-state index >= 15 is 0 Å². The van der Waals surface area contributed by atoms with Crippen LogP contribution in [0.15, 0.2) is 48.5 Å². The zero-order valence-corrected chi connectivity index (χ0v) is 14.5. The molecule has 0 bridgehead atoms. The first-order chi connectivity index (χ1) is 12.1. The number of fused-ring (bicyclic) bond motifs is 2. The number of aromatic nitrogens is 1. The molecule has 0 saturated carbocycles. The van der Waals surface area contributed by atoms with Crippen molar-refractivity contribution in [1.29, 1.82) is 0 Å². The Morgan fingerprint density at radius 1 is 1.16 bits per heavy atom. The molecule has 1 aliphatic heterocycles. The second-order valence-corrected chi connectivity index (χ2v) is 6.58. The highest BCUT2D eigenvalue weighted by molar-refractivity contribution is 6.30. The number of hydrogen-bond acceptors (Lipinski definition) is 3. The average Bonchev–Trinajstić information content (AvgIpc) is 2.97. The Labute approximate surface area is 150 Å². The number of pyridine rings is 1. The molecule has 2 heterocycles. The standard InChI is InChI=1S/C19H17ClN4O/c1-12-2-3-13-11-14-8-9-24(18(14)22-17(13)10-12)23-19(25)21-16-6-4-15(20)5-7-16/h2-7,10-11H,8-9H2,1H3,(H2,21,23,25). The number of carbonyl (C=O) groups excluding carboxylic acids is 1. The summed E-state index contributed by atoms with van der Waals surface area (Å²) in [6, 6.07) is 15.1. The third-order valence-electron chi connectivity index (χ3n) is 4.23. The van der Waals surface area contributed by atoms with Gasteiger partial charge in [-0.3, -0.25) is 5.01 Å². The molecule has 4 rings (SSSR count). The van der Waals surface area contributed by atoms with Gasteiger partial charge < -0.3 is 5.32 Å². The number of nitrogens with one attached hydrogen (secondary N) is 2. The monoisotopic (exact) mass is 352 g/mol. The summed E-state index contributed by atoms with van der Waals surface area (Å²) in [6.07, 6.45) is 0.855. The molecular weight excluding hydrogens is 336 g/mol. The molecule has 3 aromatic rings. The van der Waals surface area contributed by atoms with Crippen molar-refractivity contribution in [3.8, 4) is 0 Å². The lowest BCUT2D eigenvalue weighted by molar-refractivity contribution is 0.251. The molecule has 1 aliphatic rings. The van der Waals surface area contributed by atoms with Gasteiger partial charge in [-0.05, 0) is 60.9 Å². The van der Waals surface area contributed by atoms with Crippen molar-refractivity contribution in [3.05, 3.63) is 64.7 Å². The van der Waals surface area contributed by atoms with Gasteiger partial charge in [-0.15, -0.1) is 0 Å². The minimum absolute atomic E-state index is 0.304. The highest BCUT2D eigenvalue weighted by Gasteiger charge is 2.23. The van der Waals surface area contributed by atoms with Crippen molar-refractivity contribution in [2.75, 3.05) is 16.9 Å². The Hall–Kier alpha value is -2.79. The number of halogens is 1. The highest BCUT2D eigenvalue weighted by Crippen LogP contribution is 2.28. The first-order valence-electron chi connectivity index (χ1n) is 8.09. The molecule has 0 saturated heterocycles. The van der Waals surface area contributed by atoms with E-state index in [2.05, 4.69) is 35.0 Å². The largest absolute Gasteiger partial charge is 0.338 e. The lowest BCUT2D eigenvalue weighted by Crippen LogP contribution is -2.43. The molecular formula is C19H17ClN4O. The topological polar surface area (TPSA) is 57.3 Å². The summed E-state index contributed by atoms with van der Waals surface area (Å²) in [4.78, 5) is 17.0. The molecule has 6 heteroatoms. The molecule has 5 nitrogen and oxygen atoms in total. The van der Waals surface area contributed by atoms with Gasteiger partial charge in [-0.25, -0.2) is 15.2 Å². The van der Waals surface area contributed by atoms with E-state index in [9.17, 15) is 4.79 Å². The van der Waals surface area contributed by atoms with Crippen LogP contribution in [0, 0.1) is 6.92 Å². The lowest BCUT2D eigenvalue weighted by atomic mass is 10.1. The molecule has 0 spiro atoms. The van der Waals surface area contributed by atoms with E-state index in [0.717, 1.165) is 34.3 Å². The van der Waals surface area contributed by atoms with Gasteiger partial charge in [0, 0.05) is 22.6 Å². The van der Waals surface area contributed by atoms with E-state index in [1.807, 2.05) is 6.92 Å². The highest BCUT2D eigenvalue weighted by atomic mass is 35.5. The van der Waals surface area contributed by atoms with Crippen molar-refractivity contribution in [1.82, 2.24) is 10.4 Å². The number of hydrogen-bond donors (Lipinski definition) is 2. The number of anilines is 2. The molecule has 2 aromatic carbocycles. The Morgan fingerprint density at radius 3 is 2.76 bits per heavy atom. The van der Waals surface area contributed by atoms with Gasteiger partial charge in [0.2, 0.25) is 0 Å². The van der Waals surface area contributed by atoms with E-state index in [0.29, 0.717) is 17.3 Å². The lowest BCUT2D eigenvalue weighted by Gasteiger charge is -2.20. The van der Waals surface area contributed by atoms with E-state index in [1.165, 1.54) is 0 Å². The van der Waals surface area contributed by atoms with Crippen LogP contribution in [0.2, 0.25) is 5.02 Å². The molecule has 0 aliphatic carbocycles. The van der Waals surface area contributed by atoms with Crippen molar-refractivity contribution in [3.63, 3.8) is 0 Å². The maximum Gasteiger partial charge on any atom is 0.338 e. The average molecular weight is 353 g/mol. The Morgan fingerprint density at radius 2 is 1.96 bits per heavy atom. The van der Waals surface area contributed by atoms with Crippen LogP contribution in [-0.2, 0) is 6.42 Å². The van der Waals surface area contributed by atoms with Gasteiger partial charge in [0.25, 0.3) is 0 Å². The predicted octanol–water partition coefficient (Wildman–Crippen LogP) is 4.30. The SMILES string of the molecule is Cc1ccc2cc3c(nc2c1)N(NC(=O)Nc1ccc(Cl)cc1)CC3. The van der Waals surface area contributed by atoms with Gasteiger partial charge in [-0.1, -0.05) is 23.7 Å². The van der Waals surface area contributed by atoms with Crippen LogP contribution >= 0.6 is 11.6 Å². The third-order valence-corrected chi connectivity index (χ3v) is 4.48. The number of urea groups is 1. The zero-order chi connectivity index (χ0) is 17.4. The van der Waals surface area contributed by atoms with Crippen LogP contribution < -0.4 is 15.8 Å². The van der Waals surface area contributed by atoms with Crippen LogP contribution in [0.3, 0.4) is 0 Å². The molecule has 0 fully saturated rings. The van der Waals surface area contributed by atoms with Gasteiger partial charge in [-0.2, -0.15) is 0 Å². The number of benzene rings is 2. The summed E-state index contributed by atoms with van der Waals surface area (Å²) in [5.74, 6) is 0.810. The molecule has 0 unspecified atom stereocenters. The number of nitrogens with zero attached hydrogens (tertiary/aromatic N) is 2. The number of carbonyl (C=O) groups is 1. The number of amides is 2. The van der Waals surface area contributed by atoms with Gasteiger partial charge in [0.05, 0.1) is 5.52 Å². The van der Waals surface area contributed by atoms with Crippen LogP contribution in [0.25, 0.3) is 10.9 Å². The summed E-state index contributed by atoms with van der Waals surface area (Å²) in [5.41, 5.74) is 6.79. The Balaban J connectivity index is 1.53.